The Bertz CT molecular complexity index is 1040. The fourth-order valence-corrected chi connectivity index (χ4v) is 15.4. The number of hydrogen-bond acceptors (Lipinski definition) is 4. The Hall–Kier alpha value is -1.42. The first-order chi connectivity index (χ1) is 16.6. The summed E-state index contributed by atoms with van der Waals surface area (Å²) in [5.74, 6) is 1.87. The van der Waals surface area contributed by atoms with Gasteiger partial charge in [-0.3, -0.25) is 0 Å². The van der Waals surface area contributed by atoms with E-state index in [1.807, 2.05) is 23.5 Å². The maximum absolute atomic E-state index is 7.29. The van der Waals surface area contributed by atoms with Crippen molar-refractivity contribution in [3.8, 4) is 11.5 Å². The van der Waals surface area contributed by atoms with Gasteiger partial charge in [-0.25, -0.2) is 0 Å². The van der Waals surface area contributed by atoms with Crippen molar-refractivity contribution in [2.45, 2.75) is 68.1 Å². The first-order valence-corrected chi connectivity index (χ1v) is 18.7. The van der Waals surface area contributed by atoms with Gasteiger partial charge < -0.3 is 0 Å². The monoisotopic (exact) mass is 582 g/mol. The Balaban J connectivity index is 1.82. The van der Waals surface area contributed by atoms with Gasteiger partial charge in [-0.1, -0.05) is 0 Å². The van der Waals surface area contributed by atoms with Crippen LogP contribution in [0.5, 0.6) is 11.5 Å². The molecule has 2 aromatic carbocycles. The summed E-state index contributed by atoms with van der Waals surface area (Å²) >= 11 is -0.339. The molecule has 0 N–H and O–H groups in total. The van der Waals surface area contributed by atoms with Gasteiger partial charge in [-0.05, 0) is 0 Å². The van der Waals surface area contributed by atoms with Gasteiger partial charge in [0, 0.05) is 0 Å². The van der Waals surface area contributed by atoms with E-state index in [2.05, 4.69) is 139 Å². The molecule has 0 bridgehead atoms. The molecular formula is C30H36O2S2Zr. The average Bonchev–Trinajstić information content (AvgIpc) is 3.49. The molecule has 4 rings (SSSR count). The quantitative estimate of drug-likeness (QED) is 0.288. The van der Waals surface area contributed by atoms with Gasteiger partial charge in [-0.2, -0.15) is 0 Å². The number of para-hydroxylation sites is 2. The number of hydrogen-bond donors (Lipinski definition) is 0. The molecule has 0 atom stereocenters. The molecule has 184 valence electrons. The third kappa shape index (κ3) is 6.87. The van der Waals surface area contributed by atoms with Crippen LogP contribution in [0, 0.1) is 0 Å². The van der Waals surface area contributed by atoms with E-state index in [-0.39, 0.29) is 16.7 Å². The summed E-state index contributed by atoms with van der Waals surface area (Å²) in [7, 11) is 0. The van der Waals surface area contributed by atoms with Crippen LogP contribution in [0.3, 0.4) is 0 Å². The van der Waals surface area contributed by atoms with Gasteiger partial charge >= 0.3 is 227 Å². The third-order valence-corrected chi connectivity index (χ3v) is 16.9. The second-order valence-electron chi connectivity index (χ2n) is 10.8. The maximum atomic E-state index is 7.29. The molecule has 0 spiro atoms. The van der Waals surface area contributed by atoms with Crippen molar-refractivity contribution < 1.29 is 26.8 Å². The number of benzene rings is 2. The van der Waals surface area contributed by atoms with Crippen molar-refractivity contribution in [1.82, 2.24) is 0 Å². The van der Waals surface area contributed by atoms with Gasteiger partial charge in [0.25, 0.3) is 0 Å². The van der Waals surface area contributed by atoms with Gasteiger partial charge in [0.1, 0.15) is 0 Å². The summed E-state index contributed by atoms with van der Waals surface area (Å²) in [6.45, 7) is 13.5. The Morgan fingerprint density at radius 2 is 0.914 bits per heavy atom. The molecule has 0 unspecified atom stereocenters. The van der Waals surface area contributed by atoms with Gasteiger partial charge in [0.15, 0.2) is 0 Å². The molecule has 5 heteroatoms. The zero-order chi connectivity index (χ0) is 25.1. The first kappa shape index (κ1) is 26.6. The molecule has 0 amide bonds. The third-order valence-electron chi connectivity index (χ3n) is 5.49. The first-order valence-electron chi connectivity index (χ1n) is 12.2. The van der Waals surface area contributed by atoms with E-state index in [1.54, 1.807) is 0 Å². The molecule has 2 aromatic rings. The van der Waals surface area contributed by atoms with Crippen molar-refractivity contribution in [3.05, 3.63) is 97.1 Å². The summed E-state index contributed by atoms with van der Waals surface area (Å²) in [6.07, 6.45) is 17.6. The van der Waals surface area contributed by atoms with Crippen LogP contribution in [0.25, 0.3) is 0 Å². The van der Waals surface area contributed by atoms with Crippen molar-refractivity contribution >= 4 is 23.5 Å². The van der Waals surface area contributed by atoms with E-state index in [0.717, 1.165) is 11.5 Å². The van der Waals surface area contributed by atoms with Crippen LogP contribution < -0.4 is 5.63 Å². The standard InChI is InChI=1S/2C10H14OS.2C5H5.Zr/c2*1-10(2,3)12-9-7-5-4-6-8(9)11;2*1-2-4-5-3-1;/h2*4-7,11H,1-3H3;2*1-5H;/q;;;;+2/p-2. The molecule has 2 aliphatic rings. The van der Waals surface area contributed by atoms with Crippen LogP contribution in [-0.4, -0.2) is 9.49 Å². The molecule has 0 aromatic heterocycles. The zero-order valence-corrected chi connectivity index (χ0v) is 25.6. The molecule has 2 nitrogen and oxygen atoms in total. The summed E-state index contributed by atoms with van der Waals surface area (Å²) in [5, 5.41) is 0. The van der Waals surface area contributed by atoms with E-state index < -0.39 is 21.1 Å². The zero-order valence-electron chi connectivity index (χ0n) is 21.5. The summed E-state index contributed by atoms with van der Waals surface area (Å²) < 4.78 is 15.0. The summed E-state index contributed by atoms with van der Waals surface area (Å²) in [5.41, 5.74) is 0. The topological polar surface area (TPSA) is 18.5 Å². The Morgan fingerprint density at radius 3 is 1.26 bits per heavy atom. The van der Waals surface area contributed by atoms with E-state index in [4.69, 9.17) is 5.63 Å². The van der Waals surface area contributed by atoms with Crippen molar-refractivity contribution in [1.29, 1.82) is 0 Å². The van der Waals surface area contributed by atoms with Gasteiger partial charge in [0.2, 0.25) is 0 Å². The van der Waals surface area contributed by atoms with Crippen LogP contribution in [-0.2, 0) is 21.1 Å². The molecule has 35 heavy (non-hydrogen) atoms. The fourth-order valence-electron chi connectivity index (χ4n) is 4.16. The van der Waals surface area contributed by atoms with Crippen LogP contribution in [0.4, 0.5) is 0 Å². The molecular weight excluding hydrogens is 548 g/mol. The van der Waals surface area contributed by atoms with Crippen molar-refractivity contribution in [2.75, 3.05) is 0 Å². The Morgan fingerprint density at radius 1 is 0.571 bits per heavy atom. The SMILES string of the molecule is CC(C)(C)Sc1ccccc1[O][Zr]([O]c1ccccc1SC(C)(C)C)([CH]1C=CC=C1)[CH]1C=CC=C1. The minimum absolute atomic E-state index is 0.0782. The van der Waals surface area contributed by atoms with Crippen molar-refractivity contribution in [3.63, 3.8) is 0 Å². The average molecular weight is 584 g/mol. The minimum atomic E-state index is -4.03. The summed E-state index contributed by atoms with van der Waals surface area (Å²) in [4.78, 5) is 2.33. The van der Waals surface area contributed by atoms with Gasteiger partial charge in [-0.15, -0.1) is 0 Å². The number of thioether (sulfide) groups is 2. The van der Waals surface area contributed by atoms with E-state index >= 15 is 0 Å². The van der Waals surface area contributed by atoms with Crippen molar-refractivity contribution in [2.24, 2.45) is 0 Å². The Labute approximate surface area is 225 Å². The molecule has 0 saturated heterocycles. The molecule has 0 heterocycles. The fraction of sp³-hybridized carbons (Fsp3) is 0.333. The molecule has 0 fully saturated rings. The molecule has 0 saturated carbocycles. The normalized spacial score (nSPS) is 16.4. The predicted molar refractivity (Wildman–Crippen MR) is 149 cm³/mol. The predicted octanol–water partition coefficient (Wildman–Crippen LogP) is 9.74. The van der Waals surface area contributed by atoms with Crippen LogP contribution in [0.2, 0.25) is 7.25 Å². The number of rotatable bonds is 8. The van der Waals surface area contributed by atoms with Crippen LogP contribution in [0.15, 0.2) is 107 Å². The summed E-state index contributed by atoms with van der Waals surface area (Å²) in [6, 6.07) is 16.9. The van der Waals surface area contributed by atoms with Crippen LogP contribution in [0.1, 0.15) is 41.5 Å². The Kier molecular flexibility index (Phi) is 8.30. The molecule has 2 aliphatic carbocycles. The van der Waals surface area contributed by atoms with Gasteiger partial charge in [0.05, 0.1) is 0 Å². The van der Waals surface area contributed by atoms with E-state index in [1.165, 1.54) is 9.79 Å². The second kappa shape index (κ2) is 10.9. The number of allylic oxidation sites excluding steroid dienone is 8. The molecule has 0 radical (unpaired) electrons. The van der Waals surface area contributed by atoms with E-state index in [0.29, 0.717) is 0 Å². The second-order valence-corrected chi connectivity index (χ2v) is 22.4. The van der Waals surface area contributed by atoms with E-state index in [9.17, 15) is 0 Å². The van der Waals surface area contributed by atoms with Crippen LogP contribution >= 0.6 is 23.5 Å². The molecule has 0 aliphatic heterocycles.